The molecule has 9 atom stereocenters. The molecule has 480 valence electrons. The number of halogens is 1. The lowest BCUT2D eigenvalue weighted by Crippen LogP contribution is -2.55. The standard InChI is InChI=1S/C59H88ClN7O18S/c1-14-43(83-56(77)45(31-58(8,9)10)84-57(78)59(11,12)36(6)64-54(75)42(65-37(7)68)30-39-17-20-44(82-13)41(60)29-39)34(4)51-52(85-51)40-18-15-38(16-19-40)32-62-53(74)35(5)63-55(76)50(33(2)3)66-47(70)23-26-67(27-24-49(72)73)48(71)22-21-46(69)61-25-28-86(79,80)81/h15-20,29,33-36,42-43,45,50-52H,14,21-28,30-32H2,1-13H3,(H,61,69)(H,62,74)(H,63,76)(H,64,75)(H,65,68)(H,66,70)(H,72,73)(H,79,80,81)/t34-,35-,36-,42+,43-,45-,50-,51+,52+/m0/s1. The molecule has 0 unspecified atom stereocenters. The van der Waals surface area contributed by atoms with E-state index in [1.807, 2.05) is 58.9 Å². The van der Waals surface area contributed by atoms with Gasteiger partial charge in [0.1, 0.15) is 36.1 Å². The van der Waals surface area contributed by atoms with Crippen LogP contribution in [0.3, 0.4) is 0 Å². The molecule has 2 aromatic rings. The third-order valence-electron chi connectivity index (χ3n) is 14.5. The maximum Gasteiger partial charge on any atom is 0.347 e. The average molecular weight is 1250 g/mol. The molecule has 25 nitrogen and oxygen atoms in total. The highest BCUT2D eigenvalue weighted by molar-refractivity contribution is 7.85. The molecule has 27 heteroatoms. The zero-order valence-electron chi connectivity index (χ0n) is 51.5. The van der Waals surface area contributed by atoms with Crippen LogP contribution in [-0.4, -0.2) is 157 Å². The maximum atomic E-state index is 14.0. The number of methoxy groups -OCH3 is 1. The van der Waals surface area contributed by atoms with Gasteiger partial charge >= 0.3 is 17.9 Å². The molecular weight excluding hydrogens is 1160 g/mol. The van der Waals surface area contributed by atoms with Crippen LogP contribution in [0.25, 0.3) is 0 Å². The second-order valence-corrected chi connectivity index (χ2v) is 25.7. The first-order valence-corrected chi connectivity index (χ1v) is 30.6. The van der Waals surface area contributed by atoms with Crippen molar-refractivity contribution < 1.29 is 85.0 Å². The monoisotopic (exact) mass is 1250 g/mol. The van der Waals surface area contributed by atoms with Crippen LogP contribution in [0.5, 0.6) is 5.75 Å². The Bertz CT molecular complexity index is 2830. The van der Waals surface area contributed by atoms with Gasteiger partial charge < -0.3 is 60.9 Å². The van der Waals surface area contributed by atoms with Gasteiger partial charge in [-0.1, -0.05) is 90.4 Å². The fourth-order valence-corrected chi connectivity index (χ4v) is 9.57. The molecular formula is C59H88ClN7O18S. The molecule has 86 heavy (non-hydrogen) atoms. The Morgan fingerprint density at radius 3 is 1.95 bits per heavy atom. The number of hydrogen-bond acceptors (Lipinski definition) is 16. The zero-order valence-corrected chi connectivity index (χ0v) is 53.0. The molecule has 1 aliphatic heterocycles. The van der Waals surface area contributed by atoms with E-state index in [0.29, 0.717) is 22.8 Å². The number of carbonyl (C=O) groups excluding carboxylic acids is 9. The van der Waals surface area contributed by atoms with Gasteiger partial charge in [-0.05, 0) is 74.3 Å². The van der Waals surface area contributed by atoms with Crippen molar-refractivity contribution in [1.29, 1.82) is 0 Å². The number of esters is 2. The van der Waals surface area contributed by atoms with Crippen molar-refractivity contribution >= 4 is 81.0 Å². The largest absolute Gasteiger partial charge is 0.495 e. The van der Waals surface area contributed by atoms with Gasteiger partial charge in [-0.25, -0.2) is 4.79 Å². The highest BCUT2D eigenvalue weighted by Gasteiger charge is 2.48. The number of hydrogen-bond donors (Lipinski definition) is 8. The van der Waals surface area contributed by atoms with Crippen LogP contribution in [0.15, 0.2) is 42.5 Å². The lowest BCUT2D eigenvalue weighted by Gasteiger charge is -2.34. The molecule has 0 bridgehead atoms. The van der Waals surface area contributed by atoms with Gasteiger partial charge in [0, 0.05) is 77.2 Å². The average Bonchev–Trinajstić information content (AvgIpc) is 1.85. The van der Waals surface area contributed by atoms with Crippen LogP contribution in [0, 0.1) is 22.7 Å². The Kier molecular flexibility index (Phi) is 28.4. The molecule has 1 saturated heterocycles. The van der Waals surface area contributed by atoms with E-state index in [1.165, 1.54) is 21.0 Å². The van der Waals surface area contributed by atoms with Crippen molar-refractivity contribution in [1.82, 2.24) is 36.8 Å². The van der Waals surface area contributed by atoms with Gasteiger partial charge in [0.25, 0.3) is 10.1 Å². The molecule has 0 radical (unpaired) electrons. The number of carboxylic acids is 1. The van der Waals surface area contributed by atoms with Gasteiger partial charge in [0.15, 0.2) is 6.10 Å². The molecule has 8 N–H and O–H groups in total. The number of epoxide rings is 1. The van der Waals surface area contributed by atoms with Gasteiger partial charge in [-0.15, -0.1) is 0 Å². The second-order valence-electron chi connectivity index (χ2n) is 23.7. The van der Waals surface area contributed by atoms with Gasteiger partial charge in [0.2, 0.25) is 41.4 Å². The molecule has 1 fully saturated rings. The third kappa shape index (κ3) is 24.8. The summed E-state index contributed by atoms with van der Waals surface area (Å²) in [5, 5.41) is 25.3. The zero-order chi connectivity index (χ0) is 65.0. The summed E-state index contributed by atoms with van der Waals surface area (Å²) in [5.74, 6) is -7.84. The predicted molar refractivity (Wildman–Crippen MR) is 316 cm³/mol. The summed E-state index contributed by atoms with van der Waals surface area (Å²) in [6.07, 6.45) is -3.45. The molecule has 0 aromatic heterocycles. The fourth-order valence-electron chi connectivity index (χ4n) is 8.93. The summed E-state index contributed by atoms with van der Waals surface area (Å²) in [7, 11) is -2.84. The van der Waals surface area contributed by atoms with Crippen molar-refractivity contribution in [3.8, 4) is 5.75 Å². The number of nitrogens with one attached hydrogen (secondary N) is 6. The summed E-state index contributed by atoms with van der Waals surface area (Å²) < 4.78 is 54.0. The Morgan fingerprint density at radius 2 is 1.40 bits per heavy atom. The number of nitrogens with zero attached hydrogens (tertiary/aromatic N) is 1. The van der Waals surface area contributed by atoms with E-state index in [9.17, 15) is 61.5 Å². The van der Waals surface area contributed by atoms with Crippen molar-refractivity contribution in [2.24, 2.45) is 22.7 Å². The first-order chi connectivity index (χ1) is 40.0. The Hall–Kier alpha value is -6.90. The number of carboxylic acid groups (broad SMARTS) is 1. The Morgan fingerprint density at radius 1 is 0.767 bits per heavy atom. The SMILES string of the molecule is CC[C@H](OC(=O)[C@H](CC(C)(C)C)OC(=O)C(C)(C)[C@H](C)NC(=O)[C@@H](Cc1ccc(OC)c(Cl)c1)NC(C)=O)[C@H](C)[C@H]1O[C@@H]1c1ccc(CNC(=O)[C@H](C)NC(=O)[C@@H](NC(=O)CCN(CCC(=O)O)C(=O)CCC(=O)NCCS(=O)(=O)O)C(C)C)cc1. The van der Waals surface area contributed by atoms with E-state index >= 15 is 0 Å². The quantitative estimate of drug-likeness (QED) is 0.0273. The lowest BCUT2D eigenvalue weighted by atomic mass is 9.84. The van der Waals surface area contributed by atoms with E-state index < -0.39 is 135 Å². The number of rotatable bonds is 35. The first-order valence-electron chi connectivity index (χ1n) is 28.6. The first kappa shape index (κ1) is 73.4. The summed E-state index contributed by atoms with van der Waals surface area (Å²) >= 11 is 6.32. The van der Waals surface area contributed by atoms with Gasteiger partial charge in [-0.2, -0.15) is 8.42 Å². The molecule has 1 heterocycles. The normalized spacial score (nSPS) is 16.5. The number of amides is 7. The smallest absolute Gasteiger partial charge is 0.347 e. The molecule has 7 amide bonds. The van der Waals surface area contributed by atoms with Crippen molar-refractivity contribution in [2.75, 3.05) is 32.5 Å². The van der Waals surface area contributed by atoms with Gasteiger partial charge in [-0.3, -0.25) is 47.7 Å². The van der Waals surface area contributed by atoms with Crippen molar-refractivity contribution in [2.45, 2.75) is 183 Å². The minimum Gasteiger partial charge on any atom is -0.495 e. The van der Waals surface area contributed by atoms with Gasteiger partial charge in [0.05, 0.1) is 35.8 Å². The highest BCUT2D eigenvalue weighted by atomic mass is 35.5. The topological polar surface area (TPSA) is 361 Å². The fraction of sp³-hybridized carbons (Fsp3) is 0.627. The third-order valence-corrected chi connectivity index (χ3v) is 15.5. The van der Waals surface area contributed by atoms with E-state index in [4.69, 9.17) is 35.1 Å². The summed E-state index contributed by atoms with van der Waals surface area (Å²) in [5.41, 5.74) is 0.397. The van der Waals surface area contributed by atoms with Crippen molar-refractivity contribution in [3.63, 3.8) is 0 Å². The number of carbonyl (C=O) groups is 10. The molecule has 0 saturated carbocycles. The lowest BCUT2D eigenvalue weighted by molar-refractivity contribution is -0.181. The van der Waals surface area contributed by atoms with Crippen LogP contribution < -0.4 is 36.6 Å². The maximum absolute atomic E-state index is 14.0. The van der Waals surface area contributed by atoms with Crippen LogP contribution in [0.2, 0.25) is 5.02 Å². The van der Waals surface area contributed by atoms with Crippen LogP contribution in [-0.2, 0) is 85.2 Å². The van der Waals surface area contributed by atoms with E-state index in [2.05, 4.69) is 31.9 Å². The van der Waals surface area contributed by atoms with Crippen molar-refractivity contribution in [3.05, 3.63) is 64.2 Å². The summed E-state index contributed by atoms with van der Waals surface area (Å²) in [6.45, 7) is 19.6. The van der Waals surface area contributed by atoms with Crippen LogP contribution in [0.4, 0.5) is 0 Å². The number of benzene rings is 2. The Labute approximate surface area is 508 Å². The molecule has 3 rings (SSSR count). The van der Waals surface area contributed by atoms with Crippen LogP contribution in [0.1, 0.15) is 144 Å². The van der Waals surface area contributed by atoms with E-state index in [-0.39, 0.29) is 76.4 Å². The number of aliphatic carboxylic acids is 1. The molecule has 1 aliphatic rings. The second kappa shape index (κ2) is 33.3. The predicted octanol–water partition coefficient (Wildman–Crippen LogP) is 4.11. The van der Waals surface area contributed by atoms with E-state index in [0.717, 1.165) is 16.0 Å². The highest BCUT2D eigenvalue weighted by Crippen LogP contribution is 2.45. The molecule has 2 aromatic carbocycles. The molecule has 0 aliphatic carbocycles. The minimum absolute atomic E-state index is 0.0938. The summed E-state index contributed by atoms with van der Waals surface area (Å²) in [6, 6.07) is 8.39. The molecule has 0 spiro atoms. The minimum atomic E-state index is -4.32. The van der Waals surface area contributed by atoms with Crippen LogP contribution >= 0.6 is 11.6 Å². The van der Waals surface area contributed by atoms with E-state index in [1.54, 1.807) is 52.8 Å². The number of ether oxygens (including phenoxy) is 4. The summed E-state index contributed by atoms with van der Waals surface area (Å²) in [4.78, 5) is 131. The Balaban J connectivity index is 1.55.